The summed E-state index contributed by atoms with van der Waals surface area (Å²) in [5, 5.41) is 0. The number of hydrogen-bond acceptors (Lipinski definition) is 3. The highest BCUT2D eigenvalue weighted by atomic mass is 15.0. The van der Waals surface area contributed by atoms with Crippen LogP contribution in [0, 0.1) is 6.57 Å². The maximum atomic E-state index is 7.65. The van der Waals surface area contributed by atoms with Crippen molar-refractivity contribution < 1.29 is 0 Å². The van der Waals surface area contributed by atoms with Gasteiger partial charge in [-0.3, -0.25) is 0 Å². The summed E-state index contributed by atoms with van der Waals surface area (Å²) in [5.41, 5.74) is 18.3. The van der Waals surface area contributed by atoms with Crippen LogP contribution in [0.2, 0.25) is 0 Å². The Hall–Kier alpha value is -7.74. The van der Waals surface area contributed by atoms with Crippen LogP contribution >= 0.6 is 0 Å². The third-order valence-corrected chi connectivity index (χ3v) is 13.0. The normalized spacial score (nSPS) is 13.6. The van der Waals surface area contributed by atoms with Crippen LogP contribution in [-0.4, -0.2) is 15.0 Å². The molecular formula is C58H42N4. The molecule has 1 aromatic heterocycles. The van der Waals surface area contributed by atoms with E-state index in [4.69, 9.17) is 21.5 Å². The van der Waals surface area contributed by atoms with Crippen molar-refractivity contribution in [2.75, 3.05) is 0 Å². The molecule has 9 aromatic rings. The molecule has 0 amide bonds. The van der Waals surface area contributed by atoms with Gasteiger partial charge >= 0.3 is 0 Å². The van der Waals surface area contributed by atoms with Crippen molar-refractivity contribution in [1.82, 2.24) is 15.0 Å². The van der Waals surface area contributed by atoms with Gasteiger partial charge in [-0.05, 0) is 104 Å². The Labute approximate surface area is 363 Å². The lowest BCUT2D eigenvalue weighted by molar-refractivity contribution is 0.353. The van der Waals surface area contributed by atoms with E-state index >= 15 is 0 Å². The Morgan fingerprint density at radius 1 is 0.339 bits per heavy atom. The van der Waals surface area contributed by atoms with Crippen LogP contribution < -0.4 is 0 Å². The molecule has 294 valence electrons. The predicted octanol–water partition coefficient (Wildman–Crippen LogP) is 15.3. The molecular weight excluding hydrogens is 753 g/mol. The first-order valence-corrected chi connectivity index (χ1v) is 21.6. The van der Waals surface area contributed by atoms with E-state index in [0.717, 1.165) is 44.6 Å². The second kappa shape index (κ2) is 15.7. The molecule has 0 saturated heterocycles. The monoisotopic (exact) mass is 794 g/mol. The van der Waals surface area contributed by atoms with E-state index in [2.05, 4.69) is 157 Å². The molecule has 2 aliphatic carbocycles. The minimum atomic E-state index is 0.0439. The molecule has 0 atom stereocenters. The fourth-order valence-electron chi connectivity index (χ4n) is 9.80. The highest BCUT2D eigenvalue weighted by Gasteiger charge is 2.43. The molecule has 0 radical (unpaired) electrons. The third kappa shape index (κ3) is 6.79. The Morgan fingerprint density at radius 2 is 0.774 bits per heavy atom. The average molecular weight is 795 g/mol. The summed E-state index contributed by atoms with van der Waals surface area (Å²) in [4.78, 5) is 18.8. The van der Waals surface area contributed by atoms with Gasteiger partial charge in [-0.15, -0.1) is 0 Å². The highest BCUT2D eigenvalue weighted by Crippen LogP contribution is 2.57. The fraction of sp³-hybridized carbons (Fsp3) is 0.103. The van der Waals surface area contributed by atoms with Crippen molar-refractivity contribution in [2.24, 2.45) is 0 Å². The van der Waals surface area contributed by atoms with Gasteiger partial charge in [-0.25, -0.2) is 19.8 Å². The number of benzene rings is 8. The number of rotatable bonds is 7. The summed E-state index contributed by atoms with van der Waals surface area (Å²) in [6.07, 6.45) is 6.11. The van der Waals surface area contributed by atoms with Crippen LogP contribution in [0.15, 0.2) is 194 Å². The van der Waals surface area contributed by atoms with Crippen LogP contribution in [0.4, 0.5) is 5.69 Å². The summed E-state index contributed by atoms with van der Waals surface area (Å²) < 4.78 is 0. The van der Waals surface area contributed by atoms with E-state index in [1.54, 1.807) is 0 Å². The van der Waals surface area contributed by atoms with Crippen molar-refractivity contribution in [1.29, 1.82) is 0 Å². The van der Waals surface area contributed by atoms with E-state index in [1.807, 2.05) is 42.5 Å². The highest BCUT2D eigenvalue weighted by molar-refractivity contribution is 5.86. The number of aromatic nitrogens is 3. The summed E-state index contributed by atoms with van der Waals surface area (Å²) in [5.74, 6) is 1.91. The minimum Gasteiger partial charge on any atom is -0.238 e. The maximum absolute atomic E-state index is 7.65. The van der Waals surface area contributed by atoms with Crippen molar-refractivity contribution in [3.8, 4) is 89.8 Å². The molecule has 8 aromatic carbocycles. The van der Waals surface area contributed by atoms with Crippen molar-refractivity contribution in [3.05, 3.63) is 217 Å². The molecule has 1 saturated carbocycles. The van der Waals surface area contributed by atoms with Crippen LogP contribution in [0.5, 0.6) is 0 Å². The molecule has 1 heterocycles. The first-order valence-electron chi connectivity index (χ1n) is 21.6. The van der Waals surface area contributed by atoms with Gasteiger partial charge in [0, 0.05) is 22.1 Å². The molecule has 2 aliphatic rings. The summed E-state index contributed by atoms with van der Waals surface area (Å²) >= 11 is 0. The molecule has 4 nitrogen and oxygen atoms in total. The molecule has 1 spiro atoms. The Morgan fingerprint density at radius 3 is 1.39 bits per heavy atom. The predicted molar refractivity (Wildman–Crippen MR) is 253 cm³/mol. The summed E-state index contributed by atoms with van der Waals surface area (Å²) in [6, 6.07) is 68.6. The lowest BCUT2D eigenvalue weighted by Gasteiger charge is -2.36. The second-order valence-electron chi connectivity index (χ2n) is 16.6. The maximum Gasteiger partial charge on any atom is 0.187 e. The van der Waals surface area contributed by atoms with Gasteiger partial charge in [0.1, 0.15) is 0 Å². The molecule has 0 aliphatic heterocycles. The van der Waals surface area contributed by atoms with Gasteiger partial charge < -0.3 is 0 Å². The zero-order chi connectivity index (χ0) is 41.5. The lowest BCUT2D eigenvalue weighted by atomic mass is 9.67. The molecule has 1 fully saturated rings. The molecule has 0 bridgehead atoms. The van der Waals surface area contributed by atoms with E-state index in [0.29, 0.717) is 17.5 Å². The van der Waals surface area contributed by atoms with E-state index in [9.17, 15) is 0 Å². The van der Waals surface area contributed by atoms with Gasteiger partial charge in [0.15, 0.2) is 23.2 Å². The lowest BCUT2D eigenvalue weighted by Crippen LogP contribution is -2.28. The zero-order valence-electron chi connectivity index (χ0n) is 34.3. The number of fused-ring (bicyclic) bond motifs is 5. The fourth-order valence-corrected chi connectivity index (χ4v) is 9.80. The van der Waals surface area contributed by atoms with Crippen LogP contribution in [0.25, 0.3) is 94.6 Å². The van der Waals surface area contributed by atoms with E-state index in [1.165, 1.54) is 76.6 Å². The SMILES string of the molecule is [C-]#[N+]c1ccc2c(c1)-c1ccc(-c3ccc(-c4cccc(-c5cccc(-c6nc(-c7ccccc7)nc(-c7ccc(-c8ccccc8)cc7)n6)c5)c4)cc3)cc1C21CCCCC1. The Bertz CT molecular complexity index is 3140. The van der Waals surface area contributed by atoms with Crippen LogP contribution in [0.3, 0.4) is 0 Å². The van der Waals surface area contributed by atoms with Gasteiger partial charge in [0.05, 0.1) is 6.57 Å². The molecule has 11 rings (SSSR count). The average Bonchev–Trinajstić information content (AvgIpc) is 3.61. The van der Waals surface area contributed by atoms with E-state index < -0.39 is 0 Å². The number of nitrogens with zero attached hydrogens (tertiary/aromatic N) is 4. The number of hydrogen-bond donors (Lipinski definition) is 0. The standard InChI is InChI=1S/C58H42N4/c1-59-50-30-32-53-52(38-50)51-31-29-48(37-54(51)58(53)33-9-4-10-34-58)42-23-21-41(22-24-42)45-17-11-18-46(35-45)47-19-12-20-49(36-47)57-61-55(43-15-7-3-8-16-43)60-56(62-57)44-27-25-40(26-28-44)39-13-5-2-6-14-39/h2-3,5-8,11-32,35-38H,4,9-10,33-34H2. The minimum absolute atomic E-state index is 0.0439. The largest absolute Gasteiger partial charge is 0.238 e. The van der Waals surface area contributed by atoms with Crippen LogP contribution in [-0.2, 0) is 5.41 Å². The Balaban J connectivity index is 0.894. The topological polar surface area (TPSA) is 43.0 Å². The van der Waals surface area contributed by atoms with Gasteiger partial charge in [0.2, 0.25) is 0 Å². The van der Waals surface area contributed by atoms with Crippen molar-refractivity contribution in [3.63, 3.8) is 0 Å². The van der Waals surface area contributed by atoms with Crippen LogP contribution in [0.1, 0.15) is 43.2 Å². The molecule has 0 N–H and O–H groups in total. The van der Waals surface area contributed by atoms with Crippen molar-refractivity contribution in [2.45, 2.75) is 37.5 Å². The van der Waals surface area contributed by atoms with Gasteiger partial charge in [0.25, 0.3) is 0 Å². The first-order chi connectivity index (χ1) is 30.6. The molecule has 0 unspecified atom stereocenters. The van der Waals surface area contributed by atoms with E-state index in [-0.39, 0.29) is 5.41 Å². The van der Waals surface area contributed by atoms with Gasteiger partial charge in [-0.1, -0.05) is 189 Å². The Kier molecular flexibility index (Phi) is 9.44. The zero-order valence-corrected chi connectivity index (χ0v) is 34.3. The summed E-state index contributed by atoms with van der Waals surface area (Å²) in [7, 11) is 0. The molecule has 4 heteroatoms. The van der Waals surface area contributed by atoms with Gasteiger partial charge in [-0.2, -0.15) is 0 Å². The smallest absolute Gasteiger partial charge is 0.187 e. The molecule has 62 heavy (non-hydrogen) atoms. The summed E-state index contributed by atoms with van der Waals surface area (Å²) in [6.45, 7) is 7.65. The van der Waals surface area contributed by atoms with Crippen molar-refractivity contribution >= 4 is 5.69 Å². The second-order valence-corrected chi connectivity index (χ2v) is 16.6. The first kappa shape index (κ1) is 37.3. The quantitative estimate of drug-likeness (QED) is 0.151. The third-order valence-electron chi connectivity index (χ3n) is 13.0.